The SMILES string of the molecule is [2H]c1c([2H])c([2H])c(-c2cc(C(C)(C)C)cc(-c3cc(C(C)(C)C)cc(C(C)(C)C)c3)c2-n2[c](=[Pt])n(-c3cccc(Oc4ccc5c(c4)N(c4cc(C(C)(C)C)ccn4)B(CCC)n4nc(C)c(C)c4-5)c3)c3ccccc32)c([2H])c1[2H]. The topological polar surface area (TPSA) is 53.0 Å². The van der Waals surface area contributed by atoms with Crippen LogP contribution in [0.1, 0.15) is 137 Å². The normalized spacial score (nSPS) is 14.1. The van der Waals surface area contributed by atoms with Gasteiger partial charge in [0.2, 0.25) is 0 Å². The first kappa shape index (κ1) is 45.9. The first-order valence-electron chi connectivity index (χ1n) is 28.8. The number of ether oxygens (including phenoxy) is 1. The van der Waals surface area contributed by atoms with E-state index in [1.54, 1.807) is 0 Å². The molecule has 0 radical (unpaired) electrons. The second kappa shape index (κ2) is 19.3. The van der Waals surface area contributed by atoms with Crippen LogP contribution in [-0.2, 0) is 41.0 Å². The van der Waals surface area contributed by atoms with Gasteiger partial charge in [0.05, 0.1) is 5.69 Å². The predicted molar refractivity (Wildman–Crippen MR) is 311 cm³/mol. The second-order valence-corrected chi connectivity index (χ2v) is 25.5. The number of hydrogen-bond donors (Lipinski definition) is 0. The number of imidazole rings is 1. The van der Waals surface area contributed by atoms with E-state index >= 15 is 0 Å². The molecule has 3 aromatic heterocycles. The van der Waals surface area contributed by atoms with Gasteiger partial charge >= 0.3 is 385 Å². The molecule has 7 nitrogen and oxygen atoms in total. The summed E-state index contributed by atoms with van der Waals surface area (Å²) < 4.78 is 60.1. The van der Waals surface area contributed by atoms with Crippen molar-refractivity contribution in [1.82, 2.24) is 23.8 Å². The number of para-hydroxylation sites is 2. The molecule has 0 saturated carbocycles. The Balaban J connectivity index is 1.20. The summed E-state index contributed by atoms with van der Waals surface area (Å²) in [5.74, 6) is 2.18. The van der Waals surface area contributed by atoms with Crippen LogP contribution in [0.5, 0.6) is 11.5 Å². The molecule has 0 aliphatic carbocycles. The minimum atomic E-state index is -0.430. The van der Waals surface area contributed by atoms with Crippen LogP contribution >= 0.6 is 0 Å². The molecular weight excluding hydrogens is 1100 g/mol. The predicted octanol–water partition coefficient (Wildman–Crippen LogP) is 17.6. The summed E-state index contributed by atoms with van der Waals surface area (Å²) in [6.45, 7) is 32.9. The van der Waals surface area contributed by atoms with Crippen molar-refractivity contribution in [3.8, 4) is 56.4 Å². The Morgan fingerprint density at radius 1 is 0.600 bits per heavy atom. The number of benzene rings is 6. The standard InChI is InChI=1S/C66H73BN6O.Pt/c1-16-32-67-72(60-39-47(31-33-68-60)63(4,5)6)59-41-53(29-30-54(59)61-43(2)44(3)69-73(61)67)74-52-26-22-25-51(40-52)70-42-71(58-28-21-20-27-57(58)70)62-55(45-23-18-17-19-24-45)37-50(66(13,14)15)38-56(62)46-34-48(64(7,8)9)36-49(35-46)65(10,11)12;/h17-31,33-41H,16,32H2,1-15H3;/i17D,18D,19D,23D,24D;. The fourth-order valence-corrected chi connectivity index (χ4v) is 11.5. The summed E-state index contributed by atoms with van der Waals surface area (Å²) >= 11 is 2.40. The molecule has 4 heterocycles. The summed E-state index contributed by atoms with van der Waals surface area (Å²) in [7, 11) is 0. The number of anilines is 2. The molecule has 1 aliphatic heterocycles. The zero-order chi connectivity index (χ0) is 57.9. The van der Waals surface area contributed by atoms with Crippen LogP contribution in [-0.4, -0.2) is 30.8 Å². The summed E-state index contributed by atoms with van der Waals surface area (Å²) in [4.78, 5) is 7.37. The minimum absolute atomic E-state index is 0.0846. The molecule has 386 valence electrons. The quantitative estimate of drug-likeness (QED) is 0.135. The number of fused-ring (bicyclic) bond motifs is 4. The van der Waals surface area contributed by atoms with Gasteiger partial charge in [-0.25, -0.2) is 0 Å². The van der Waals surface area contributed by atoms with Crippen molar-refractivity contribution < 1.29 is 30.9 Å². The van der Waals surface area contributed by atoms with Crippen molar-refractivity contribution in [2.24, 2.45) is 0 Å². The van der Waals surface area contributed by atoms with E-state index in [2.05, 4.69) is 215 Å². The maximum atomic E-state index is 9.53. The Bertz CT molecular complexity index is 3960. The Hall–Kier alpha value is -6.50. The molecule has 9 aromatic rings. The van der Waals surface area contributed by atoms with E-state index < -0.39 is 11.5 Å². The molecule has 0 bridgehead atoms. The summed E-state index contributed by atoms with van der Waals surface area (Å²) in [5.41, 5.74) is 14.9. The van der Waals surface area contributed by atoms with Crippen LogP contribution in [0.4, 0.5) is 11.5 Å². The van der Waals surface area contributed by atoms with Crippen LogP contribution in [0.25, 0.3) is 55.9 Å². The van der Waals surface area contributed by atoms with Crippen molar-refractivity contribution in [3.05, 3.63) is 183 Å². The van der Waals surface area contributed by atoms with Gasteiger partial charge in [-0.3, -0.25) is 0 Å². The Labute approximate surface area is 464 Å². The van der Waals surface area contributed by atoms with Crippen molar-refractivity contribution in [2.75, 3.05) is 4.81 Å². The van der Waals surface area contributed by atoms with E-state index in [0.29, 0.717) is 22.7 Å². The average molecular weight is 1180 g/mol. The molecule has 6 aromatic carbocycles. The zero-order valence-electron chi connectivity index (χ0n) is 51.4. The molecule has 0 amide bonds. The Morgan fingerprint density at radius 3 is 1.83 bits per heavy atom. The van der Waals surface area contributed by atoms with Crippen molar-refractivity contribution >= 4 is 29.5 Å². The van der Waals surface area contributed by atoms with Gasteiger partial charge in [0.1, 0.15) is 0 Å². The van der Waals surface area contributed by atoms with E-state index in [-0.39, 0.29) is 53.0 Å². The van der Waals surface area contributed by atoms with Gasteiger partial charge in [0, 0.05) is 6.20 Å². The number of pyridine rings is 1. The van der Waals surface area contributed by atoms with E-state index in [1.807, 2.05) is 42.6 Å². The zero-order valence-corrected chi connectivity index (χ0v) is 48.6. The van der Waals surface area contributed by atoms with E-state index in [0.717, 1.165) is 84.0 Å². The molecule has 9 heteroatoms. The third-order valence-corrected chi connectivity index (χ3v) is 15.8. The molecule has 0 N–H and O–H groups in total. The van der Waals surface area contributed by atoms with Crippen LogP contribution in [0.3, 0.4) is 0 Å². The molecule has 0 atom stereocenters. The van der Waals surface area contributed by atoms with Crippen molar-refractivity contribution in [3.63, 3.8) is 0 Å². The van der Waals surface area contributed by atoms with Gasteiger partial charge in [-0.15, -0.1) is 0 Å². The molecular formula is C66H73BN6OPt. The number of nitrogens with zero attached hydrogens (tertiary/aromatic N) is 6. The van der Waals surface area contributed by atoms with Crippen molar-refractivity contribution in [2.45, 2.75) is 138 Å². The Morgan fingerprint density at radius 2 is 1.20 bits per heavy atom. The summed E-state index contributed by atoms with van der Waals surface area (Å²) in [6.07, 6.45) is 3.73. The van der Waals surface area contributed by atoms with Crippen molar-refractivity contribution in [1.29, 1.82) is 0 Å². The fourth-order valence-electron chi connectivity index (χ4n) is 10.4. The first-order valence-corrected chi connectivity index (χ1v) is 27.5. The number of aromatic nitrogens is 5. The van der Waals surface area contributed by atoms with E-state index in [4.69, 9.17) is 18.9 Å². The molecule has 0 unspecified atom stereocenters. The van der Waals surface area contributed by atoms with E-state index in [1.165, 1.54) is 16.7 Å². The van der Waals surface area contributed by atoms with Crippen LogP contribution in [0, 0.1) is 17.7 Å². The number of rotatable bonds is 9. The molecule has 10 rings (SSSR count). The van der Waals surface area contributed by atoms with Gasteiger partial charge < -0.3 is 0 Å². The van der Waals surface area contributed by atoms with Gasteiger partial charge in [-0.05, 0) is 30.9 Å². The molecule has 1 aliphatic rings. The number of aryl methyl sites for hydroxylation is 1. The number of hydrogen-bond acceptors (Lipinski definition) is 4. The molecule has 75 heavy (non-hydrogen) atoms. The molecule has 0 spiro atoms. The monoisotopic (exact) mass is 1180 g/mol. The third kappa shape index (κ3) is 9.73. The van der Waals surface area contributed by atoms with Gasteiger partial charge in [-0.1, -0.05) is 34.1 Å². The Kier molecular flexibility index (Phi) is 11.8. The van der Waals surface area contributed by atoms with Crippen LogP contribution < -0.4 is 9.55 Å². The summed E-state index contributed by atoms with van der Waals surface area (Å²) in [6, 6.07) is 36.5. The van der Waals surface area contributed by atoms with E-state index in [9.17, 15) is 2.74 Å². The van der Waals surface area contributed by atoms with Crippen LogP contribution in [0.2, 0.25) is 6.32 Å². The van der Waals surface area contributed by atoms with Gasteiger partial charge in [0.15, 0.2) is 0 Å². The van der Waals surface area contributed by atoms with Gasteiger partial charge in [0.25, 0.3) is 0 Å². The molecule has 0 fully saturated rings. The summed E-state index contributed by atoms with van der Waals surface area (Å²) in [5, 5.41) is 5.14. The first-order chi connectivity index (χ1) is 37.5. The fraction of sp³-hybridized carbons (Fsp3) is 0.318. The average Bonchev–Trinajstić information content (AvgIpc) is 4.09. The molecule has 0 saturated heterocycles. The third-order valence-electron chi connectivity index (χ3n) is 14.8. The van der Waals surface area contributed by atoms with Gasteiger partial charge in [-0.2, -0.15) is 5.10 Å². The maximum absolute atomic E-state index is 9.53. The van der Waals surface area contributed by atoms with Crippen LogP contribution in [0.15, 0.2) is 146 Å². The second-order valence-electron chi connectivity index (χ2n) is 24.4.